The zero-order valence-electron chi connectivity index (χ0n) is 13.2. The summed E-state index contributed by atoms with van der Waals surface area (Å²) in [5, 5.41) is 0.510. The molecule has 0 aromatic carbocycles. The molecule has 2 unspecified atom stereocenters. The monoisotopic (exact) mass is 270 g/mol. The van der Waals surface area contributed by atoms with Gasteiger partial charge in [0.2, 0.25) is 0 Å². The normalized spacial score (nSPS) is 32.5. The first-order valence-electron chi connectivity index (χ1n) is 7.34. The Kier molecular flexibility index (Phi) is 3.28. The molecule has 2 nitrogen and oxygen atoms in total. The summed E-state index contributed by atoms with van der Waals surface area (Å²) >= 11 is 0. The summed E-state index contributed by atoms with van der Waals surface area (Å²) in [6, 6.07) is 0. The van der Waals surface area contributed by atoms with Crippen molar-refractivity contribution in [1.29, 1.82) is 0 Å². The Balaban J connectivity index is 2.07. The van der Waals surface area contributed by atoms with Crippen molar-refractivity contribution in [3.63, 3.8) is 0 Å². The average Bonchev–Trinajstić information content (AvgIpc) is 2.74. The van der Waals surface area contributed by atoms with Gasteiger partial charge in [-0.1, -0.05) is 41.5 Å². The average molecular weight is 270 g/mol. The predicted octanol–water partition coefficient (Wildman–Crippen LogP) is 4.50. The van der Waals surface area contributed by atoms with Crippen molar-refractivity contribution in [2.75, 3.05) is 6.61 Å². The molecule has 2 aliphatic rings. The van der Waals surface area contributed by atoms with E-state index in [1.54, 1.807) is 0 Å². The highest BCUT2D eigenvalue weighted by molar-refractivity contribution is 6.78. The molecule has 2 rings (SSSR count). The van der Waals surface area contributed by atoms with Crippen molar-refractivity contribution in [2.24, 2.45) is 0 Å². The summed E-state index contributed by atoms with van der Waals surface area (Å²) in [7, 11) is -1.82. The third-order valence-corrected chi connectivity index (χ3v) is 11.9. The maximum atomic E-state index is 6.60. The Labute approximate surface area is 114 Å². The summed E-state index contributed by atoms with van der Waals surface area (Å²) in [5.74, 6) is 0. The Morgan fingerprint density at radius 1 is 1.17 bits per heavy atom. The zero-order chi connectivity index (χ0) is 13.8. The van der Waals surface area contributed by atoms with E-state index >= 15 is 0 Å². The number of rotatable bonds is 3. The fourth-order valence-corrected chi connectivity index (χ4v) is 7.05. The maximum absolute atomic E-state index is 6.60. The van der Waals surface area contributed by atoms with E-state index in [-0.39, 0.29) is 15.7 Å². The minimum absolute atomic E-state index is 0.116. The summed E-state index contributed by atoms with van der Waals surface area (Å²) in [6.07, 6.45) is 4.27. The van der Waals surface area contributed by atoms with Crippen molar-refractivity contribution in [1.82, 2.24) is 0 Å². The van der Waals surface area contributed by atoms with Gasteiger partial charge in [-0.25, -0.2) is 0 Å². The lowest BCUT2D eigenvalue weighted by atomic mass is 10.1. The van der Waals surface area contributed by atoms with Crippen LogP contribution < -0.4 is 0 Å². The van der Waals surface area contributed by atoms with Crippen LogP contribution in [0.1, 0.15) is 60.8 Å². The van der Waals surface area contributed by atoms with Gasteiger partial charge in [0.05, 0.1) is 12.7 Å². The molecular weight excluding hydrogens is 240 g/mol. The van der Waals surface area contributed by atoms with Gasteiger partial charge < -0.3 is 9.16 Å². The van der Waals surface area contributed by atoms with Gasteiger partial charge in [0, 0.05) is 0 Å². The Morgan fingerprint density at radius 3 is 2.06 bits per heavy atom. The molecule has 1 aliphatic carbocycles. The van der Waals surface area contributed by atoms with Crippen LogP contribution in [0.2, 0.25) is 16.6 Å². The first-order valence-corrected chi connectivity index (χ1v) is 9.74. The van der Waals surface area contributed by atoms with Crippen LogP contribution in [-0.2, 0) is 9.16 Å². The second kappa shape index (κ2) is 4.06. The van der Waals surface area contributed by atoms with E-state index in [9.17, 15) is 0 Å². The zero-order valence-corrected chi connectivity index (χ0v) is 14.2. The predicted molar refractivity (Wildman–Crippen MR) is 78.5 cm³/mol. The van der Waals surface area contributed by atoms with Crippen molar-refractivity contribution < 1.29 is 9.16 Å². The van der Waals surface area contributed by atoms with E-state index in [1.165, 1.54) is 19.3 Å². The van der Waals surface area contributed by atoms with Gasteiger partial charge in [0.1, 0.15) is 5.60 Å². The standard InChI is InChI=1S/C15H30O2Si/c1-13(2,3)18(7,14(4,5)6)16-11-15-10-8-9-12(15)17-15/h12H,8-11H2,1-7H3. The van der Waals surface area contributed by atoms with Crippen molar-refractivity contribution in [2.45, 2.75) is 89.1 Å². The number of hydrogen-bond donors (Lipinski definition) is 0. The molecule has 0 bridgehead atoms. The molecule has 1 saturated heterocycles. The smallest absolute Gasteiger partial charge is 0.200 e. The molecule has 0 amide bonds. The Morgan fingerprint density at radius 2 is 1.72 bits per heavy atom. The van der Waals surface area contributed by atoms with E-state index in [0.29, 0.717) is 6.10 Å². The molecule has 2 atom stereocenters. The van der Waals surface area contributed by atoms with Gasteiger partial charge in [-0.3, -0.25) is 0 Å². The molecule has 18 heavy (non-hydrogen) atoms. The minimum Gasteiger partial charge on any atom is -0.413 e. The van der Waals surface area contributed by atoms with Gasteiger partial charge in [-0.2, -0.15) is 0 Å². The highest BCUT2D eigenvalue weighted by Gasteiger charge is 2.61. The van der Waals surface area contributed by atoms with Gasteiger partial charge in [-0.15, -0.1) is 0 Å². The van der Waals surface area contributed by atoms with E-state index in [0.717, 1.165) is 6.61 Å². The van der Waals surface area contributed by atoms with Crippen LogP contribution in [-0.4, -0.2) is 26.6 Å². The fourth-order valence-electron chi connectivity index (χ4n) is 3.40. The van der Waals surface area contributed by atoms with Crippen molar-refractivity contribution >= 4 is 8.32 Å². The van der Waals surface area contributed by atoms with Crippen LogP contribution in [0.3, 0.4) is 0 Å². The lowest BCUT2D eigenvalue weighted by molar-refractivity contribution is 0.152. The van der Waals surface area contributed by atoms with Gasteiger partial charge >= 0.3 is 0 Å². The molecule has 1 heterocycles. The Hall–Kier alpha value is 0.137. The topological polar surface area (TPSA) is 21.8 Å². The van der Waals surface area contributed by atoms with E-state index < -0.39 is 8.32 Å². The van der Waals surface area contributed by atoms with Crippen molar-refractivity contribution in [3.8, 4) is 0 Å². The largest absolute Gasteiger partial charge is 0.413 e. The van der Waals surface area contributed by atoms with Crippen molar-refractivity contribution in [3.05, 3.63) is 0 Å². The molecule has 2 fully saturated rings. The second-order valence-corrected chi connectivity index (χ2v) is 13.7. The summed E-state index contributed by atoms with van der Waals surface area (Å²) in [6.45, 7) is 17.2. The van der Waals surface area contributed by atoms with Crippen LogP contribution in [0.5, 0.6) is 0 Å². The SMILES string of the molecule is CC(C)(C)[Si](C)(OCC12CCCC1O2)C(C)(C)C. The first-order chi connectivity index (χ1) is 8.02. The molecule has 0 radical (unpaired) electrons. The molecule has 0 aromatic heterocycles. The molecule has 1 saturated carbocycles. The number of epoxide rings is 1. The van der Waals surface area contributed by atoms with Gasteiger partial charge in [0.25, 0.3) is 0 Å². The van der Waals surface area contributed by atoms with Crippen LogP contribution in [0, 0.1) is 0 Å². The van der Waals surface area contributed by atoms with E-state index in [4.69, 9.17) is 9.16 Å². The minimum atomic E-state index is -1.82. The van der Waals surface area contributed by atoms with Crippen LogP contribution in [0.4, 0.5) is 0 Å². The number of ether oxygens (including phenoxy) is 1. The molecule has 0 N–H and O–H groups in total. The summed E-state index contributed by atoms with van der Waals surface area (Å²) in [4.78, 5) is 0. The van der Waals surface area contributed by atoms with Gasteiger partial charge in [0.15, 0.2) is 8.32 Å². The molecule has 3 heteroatoms. The lowest BCUT2D eigenvalue weighted by Crippen LogP contribution is -2.53. The molecule has 1 aliphatic heterocycles. The lowest BCUT2D eigenvalue weighted by Gasteiger charge is -2.48. The Bertz CT molecular complexity index is 312. The maximum Gasteiger partial charge on any atom is 0.200 e. The summed E-state index contributed by atoms with van der Waals surface area (Å²) < 4.78 is 12.5. The molecule has 0 spiro atoms. The highest BCUT2D eigenvalue weighted by atomic mass is 28.4. The van der Waals surface area contributed by atoms with E-state index in [2.05, 4.69) is 48.1 Å². The van der Waals surface area contributed by atoms with Crippen LogP contribution >= 0.6 is 0 Å². The third-order valence-electron chi connectivity index (χ3n) is 5.44. The van der Waals surface area contributed by atoms with Gasteiger partial charge in [-0.05, 0) is 35.9 Å². The molecule has 0 aromatic rings. The quantitative estimate of drug-likeness (QED) is 0.556. The fraction of sp³-hybridized carbons (Fsp3) is 1.00. The van der Waals surface area contributed by atoms with Crippen LogP contribution in [0.15, 0.2) is 0 Å². The first kappa shape index (κ1) is 14.5. The molecule has 106 valence electrons. The van der Waals surface area contributed by atoms with Crippen LogP contribution in [0.25, 0.3) is 0 Å². The highest BCUT2D eigenvalue weighted by Crippen LogP contribution is 2.55. The molecular formula is C15H30O2Si. The summed E-state index contributed by atoms with van der Waals surface area (Å²) in [5.41, 5.74) is 0.116. The third kappa shape index (κ3) is 2.18. The second-order valence-electron chi connectivity index (χ2n) is 8.39. The van der Waals surface area contributed by atoms with E-state index in [1.807, 2.05) is 0 Å². The number of hydrogen-bond acceptors (Lipinski definition) is 2. The number of fused-ring (bicyclic) bond motifs is 1.